The van der Waals surface area contributed by atoms with Gasteiger partial charge in [0.15, 0.2) is 0 Å². The Bertz CT molecular complexity index is 975. The molecular formula is C22H28N2O5S. The maximum Gasteiger partial charge on any atom is 0.243 e. The first kappa shape index (κ1) is 22.1. The molecular weight excluding hydrogens is 404 g/mol. The van der Waals surface area contributed by atoms with E-state index in [1.165, 1.54) is 23.5 Å². The number of hydrogen-bond acceptors (Lipinski definition) is 5. The van der Waals surface area contributed by atoms with Crippen LogP contribution in [0.3, 0.4) is 0 Å². The summed E-state index contributed by atoms with van der Waals surface area (Å²) in [4.78, 5) is 13.1. The second-order valence-electron chi connectivity index (χ2n) is 7.35. The SMILES string of the molecule is COc1ccc(S(=O)(=O)N2CCC[C@@H](C(=O)N[C@@H](C)c3ccccc3OC)C2)cc1. The Kier molecular flexibility index (Phi) is 6.99. The lowest BCUT2D eigenvalue weighted by atomic mass is 9.97. The van der Waals surface area contributed by atoms with Crippen molar-refractivity contribution in [1.82, 2.24) is 9.62 Å². The van der Waals surface area contributed by atoms with E-state index in [-0.39, 0.29) is 23.4 Å². The van der Waals surface area contributed by atoms with E-state index in [1.54, 1.807) is 19.2 Å². The van der Waals surface area contributed by atoms with Crippen LogP contribution in [0.5, 0.6) is 11.5 Å². The fourth-order valence-electron chi connectivity index (χ4n) is 3.70. The number of carbonyl (C=O) groups is 1. The number of nitrogens with zero attached hydrogens (tertiary/aromatic N) is 1. The second kappa shape index (κ2) is 9.49. The minimum Gasteiger partial charge on any atom is -0.497 e. The lowest BCUT2D eigenvalue weighted by Crippen LogP contribution is -2.45. The van der Waals surface area contributed by atoms with Crippen LogP contribution < -0.4 is 14.8 Å². The smallest absolute Gasteiger partial charge is 0.243 e. The molecule has 7 nitrogen and oxygen atoms in total. The summed E-state index contributed by atoms with van der Waals surface area (Å²) in [5.74, 6) is 0.750. The predicted molar refractivity (Wildman–Crippen MR) is 114 cm³/mol. The Hall–Kier alpha value is -2.58. The van der Waals surface area contributed by atoms with E-state index >= 15 is 0 Å². The number of carbonyl (C=O) groups excluding carboxylic acids is 1. The average Bonchev–Trinajstić information content (AvgIpc) is 2.79. The molecule has 2 aromatic carbocycles. The number of ether oxygens (including phenoxy) is 2. The molecule has 0 bridgehead atoms. The molecule has 1 heterocycles. The number of hydrogen-bond donors (Lipinski definition) is 1. The van der Waals surface area contributed by atoms with E-state index in [0.717, 1.165) is 5.56 Å². The van der Waals surface area contributed by atoms with Gasteiger partial charge < -0.3 is 14.8 Å². The highest BCUT2D eigenvalue weighted by atomic mass is 32.2. The Balaban J connectivity index is 1.69. The quantitative estimate of drug-likeness (QED) is 0.727. The highest BCUT2D eigenvalue weighted by molar-refractivity contribution is 7.89. The van der Waals surface area contributed by atoms with Crippen molar-refractivity contribution in [3.63, 3.8) is 0 Å². The fourth-order valence-corrected chi connectivity index (χ4v) is 5.23. The van der Waals surface area contributed by atoms with E-state index in [9.17, 15) is 13.2 Å². The van der Waals surface area contributed by atoms with Crippen molar-refractivity contribution < 1.29 is 22.7 Å². The molecule has 2 atom stereocenters. The van der Waals surface area contributed by atoms with E-state index < -0.39 is 15.9 Å². The van der Waals surface area contributed by atoms with Gasteiger partial charge in [-0.25, -0.2) is 8.42 Å². The first-order chi connectivity index (χ1) is 14.4. The third kappa shape index (κ3) is 4.76. The fraction of sp³-hybridized carbons (Fsp3) is 0.409. The molecule has 0 aromatic heterocycles. The third-order valence-corrected chi connectivity index (χ3v) is 7.30. The Morgan fingerprint density at radius 3 is 2.47 bits per heavy atom. The molecule has 30 heavy (non-hydrogen) atoms. The summed E-state index contributed by atoms with van der Waals surface area (Å²) in [5, 5.41) is 3.01. The summed E-state index contributed by atoms with van der Waals surface area (Å²) in [7, 11) is -0.542. The number of rotatable bonds is 7. The van der Waals surface area contributed by atoms with Crippen molar-refractivity contribution in [2.24, 2.45) is 5.92 Å². The van der Waals surface area contributed by atoms with Crippen molar-refractivity contribution in [3.05, 3.63) is 54.1 Å². The average molecular weight is 433 g/mol. The third-order valence-electron chi connectivity index (χ3n) is 5.42. The summed E-state index contributed by atoms with van der Waals surface area (Å²) >= 11 is 0. The van der Waals surface area contributed by atoms with Crippen LogP contribution in [0.2, 0.25) is 0 Å². The zero-order valence-corrected chi connectivity index (χ0v) is 18.3. The molecule has 1 amide bonds. The first-order valence-electron chi connectivity index (χ1n) is 9.94. The molecule has 1 aliphatic heterocycles. The van der Waals surface area contributed by atoms with Crippen LogP contribution in [0.4, 0.5) is 0 Å². The number of benzene rings is 2. The molecule has 0 spiro atoms. The highest BCUT2D eigenvalue weighted by Gasteiger charge is 2.33. The minimum absolute atomic E-state index is 0.150. The number of methoxy groups -OCH3 is 2. The Morgan fingerprint density at radius 1 is 1.10 bits per heavy atom. The molecule has 1 aliphatic rings. The highest BCUT2D eigenvalue weighted by Crippen LogP contribution is 2.27. The number of nitrogens with one attached hydrogen (secondary N) is 1. The standard InChI is InChI=1S/C22H28N2O5S/c1-16(20-8-4-5-9-21(20)29-3)23-22(25)17-7-6-14-24(15-17)30(26,27)19-12-10-18(28-2)11-13-19/h4-5,8-13,16-17H,6-7,14-15H2,1-3H3,(H,23,25)/t16-,17+/m0/s1. The monoisotopic (exact) mass is 432 g/mol. The van der Waals surface area contributed by atoms with E-state index in [0.29, 0.717) is 30.9 Å². The van der Waals surface area contributed by atoms with Crippen LogP contribution in [0, 0.1) is 5.92 Å². The summed E-state index contributed by atoms with van der Waals surface area (Å²) in [6, 6.07) is 13.6. The van der Waals surface area contributed by atoms with Crippen molar-refractivity contribution >= 4 is 15.9 Å². The Labute approximate surface area is 178 Å². The number of sulfonamides is 1. The zero-order chi connectivity index (χ0) is 21.7. The van der Waals surface area contributed by atoms with Crippen molar-refractivity contribution in [2.75, 3.05) is 27.3 Å². The van der Waals surface area contributed by atoms with Crippen LogP contribution in [-0.2, 0) is 14.8 Å². The topological polar surface area (TPSA) is 84.9 Å². The molecule has 2 aromatic rings. The summed E-state index contributed by atoms with van der Waals surface area (Å²) in [6.07, 6.45) is 1.29. The van der Waals surface area contributed by atoms with Crippen LogP contribution in [-0.4, -0.2) is 45.9 Å². The molecule has 8 heteroatoms. The van der Waals surface area contributed by atoms with E-state index in [2.05, 4.69) is 5.32 Å². The van der Waals surface area contributed by atoms with Gasteiger partial charge >= 0.3 is 0 Å². The Morgan fingerprint density at radius 2 is 1.80 bits per heavy atom. The molecule has 1 fully saturated rings. The molecule has 0 radical (unpaired) electrons. The van der Waals surface area contributed by atoms with Gasteiger partial charge in [-0.1, -0.05) is 18.2 Å². The minimum atomic E-state index is -3.67. The van der Waals surface area contributed by atoms with Crippen LogP contribution in [0.15, 0.2) is 53.4 Å². The largest absolute Gasteiger partial charge is 0.497 e. The number of piperidine rings is 1. The number of para-hydroxylation sites is 1. The van der Waals surface area contributed by atoms with Crippen LogP contribution >= 0.6 is 0 Å². The normalized spacial score (nSPS) is 18.4. The van der Waals surface area contributed by atoms with Gasteiger partial charge in [0.2, 0.25) is 15.9 Å². The number of amides is 1. The van der Waals surface area contributed by atoms with Gasteiger partial charge in [-0.2, -0.15) is 4.31 Å². The lowest BCUT2D eigenvalue weighted by Gasteiger charge is -2.32. The van der Waals surface area contributed by atoms with Gasteiger partial charge in [0.25, 0.3) is 0 Å². The lowest BCUT2D eigenvalue weighted by molar-refractivity contribution is -0.126. The van der Waals surface area contributed by atoms with Gasteiger partial charge in [0.1, 0.15) is 11.5 Å². The summed E-state index contributed by atoms with van der Waals surface area (Å²) in [6.45, 7) is 2.46. The summed E-state index contributed by atoms with van der Waals surface area (Å²) in [5.41, 5.74) is 0.881. The van der Waals surface area contributed by atoms with Gasteiger partial charge in [0, 0.05) is 18.7 Å². The zero-order valence-electron chi connectivity index (χ0n) is 17.5. The van der Waals surface area contributed by atoms with Gasteiger partial charge in [-0.05, 0) is 50.1 Å². The molecule has 1 N–H and O–H groups in total. The molecule has 0 unspecified atom stereocenters. The van der Waals surface area contributed by atoms with Crippen molar-refractivity contribution in [3.8, 4) is 11.5 Å². The molecule has 162 valence electrons. The molecule has 0 saturated carbocycles. The molecule has 1 saturated heterocycles. The van der Waals surface area contributed by atoms with Crippen molar-refractivity contribution in [1.29, 1.82) is 0 Å². The maximum atomic E-state index is 13.0. The molecule has 0 aliphatic carbocycles. The maximum absolute atomic E-state index is 13.0. The first-order valence-corrected chi connectivity index (χ1v) is 11.4. The van der Waals surface area contributed by atoms with Gasteiger partial charge in [-0.3, -0.25) is 4.79 Å². The summed E-state index contributed by atoms with van der Waals surface area (Å²) < 4.78 is 37.9. The van der Waals surface area contributed by atoms with E-state index in [4.69, 9.17) is 9.47 Å². The molecule has 3 rings (SSSR count). The van der Waals surface area contributed by atoms with Gasteiger partial charge in [0.05, 0.1) is 31.1 Å². The second-order valence-corrected chi connectivity index (χ2v) is 9.29. The van der Waals surface area contributed by atoms with Crippen LogP contribution in [0.1, 0.15) is 31.4 Å². The van der Waals surface area contributed by atoms with E-state index in [1.807, 2.05) is 31.2 Å². The van der Waals surface area contributed by atoms with Crippen LogP contribution in [0.25, 0.3) is 0 Å². The van der Waals surface area contributed by atoms with Gasteiger partial charge in [-0.15, -0.1) is 0 Å². The van der Waals surface area contributed by atoms with Crippen molar-refractivity contribution in [2.45, 2.75) is 30.7 Å². The predicted octanol–water partition coefficient (Wildman–Crippen LogP) is 2.98.